The lowest BCUT2D eigenvalue weighted by Crippen LogP contribution is -2.49. The topological polar surface area (TPSA) is 52.7 Å². The molecule has 1 heterocycles. The molecule has 5 heteroatoms. The molecule has 0 spiro atoms. The highest BCUT2D eigenvalue weighted by atomic mass is 16.2. The second-order valence-corrected chi connectivity index (χ2v) is 8.12. The summed E-state index contributed by atoms with van der Waals surface area (Å²) in [5, 5.41) is 2.98. The Labute approximate surface area is 163 Å². The average Bonchev–Trinajstić information content (AvgIpc) is 2.71. The van der Waals surface area contributed by atoms with Crippen LogP contribution < -0.4 is 5.32 Å². The molecule has 1 unspecified atom stereocenters. The van der Waals surface area contributed by atoms with Gasteiger partial charge in [0.15, 0.2) is 0 Å². The summed E-state index contributed by atoms with van der Waals surface area (Å²) in [4.78, 5) is 29.2. The van der Waals surface area contributed by atoms with E-state index in [0.29, 0.717) is 0 Å². The fourth-order valence-corrected chi connectivity index (χ4v) is 4.32. The third kappa shape index (κ3) is 4.70. The van der Waals surface area contributed by atoms with Gasteiger partial charge >= 0.3 is 11.8 Å². The van der Waals surface area contributed by atoms with E-state index in [1.807, 2.05) is 0 Å². The maximum atomic E-state index is 12.6. The molecule has 1 N–H and O–H groups in total. The predicted octanol–water partition coefficient (Wildman–Crippen LogP) is 2.69. The highest BCUT2D eigenvalue weighted by Gasteiger charge is 2.29. The molecule has 1 aromatic carbocycles. The van der Waals surface area contributed by atoms with E-state index >= 15 is 0 Å². The number of nitrogens with zero attached hydrogens (tertiary/aromatic N) is 2. The molecule has 2 aliphatic rings. The molecule has 0 aromatic heterocycles. The van der Waals surface area contributed by atoms with Crippen LogP contribution in [0.4, 0.5) is 0 Å². The van der Waals surface area contributed by atoms with Crippen molar-refractivity contribution in [2.45, 2.75) is 64.0 Å². The lowest BCUT2D eigenvalue weighted by Gasteiger charge is -2.35. The van der Waals surface area contributed by atoms with E-state index in [1.165, 1.54) is 24.0 Å². The zero-order chi connectivity index (χ0) is 19.4. The van der Waals surface area contributed by atoms with Crippen LogP contribution >= 0.6 is 0 Å². The molecule has 148 valence electrons. The lowest BCUT2D eigenvalue weighted by molar-refractivity contribution is -0.147. The maximum Gasteiger partial charge on any atom is 0.311 e. The van der Waals surface area contributed by atoms with Gasteiger partial charge in [-0.05, 0) is 81.8 Å². The first kappa shape index (κ1) is 19.9. The number of carbonyl (C=O) groups excluding carboxylic acids is 2. The molecule has 1 fully saturated rings. The van der Waals surface area contributed by atoms with E-state index in [1.54, 1.807) is 11.9 Å². The van der Waals surface area contributed by atoms with E-state index < -0.39 is 11.8 Å². The molecule has 1 saturated heterocycles. The monoisotopic (exact) mass is 371 g/mol. The van der Waals surface area contributed by atoms with E-state index in [0.717, 1.165) is 50.8 Å². The number of hydrogen-bond donors (Lipinski definition) is 1. The summed E-state index contributed by atoms with van der Waals surface area (Å²) in [6, 6.07) is 6.59. The predicted molar refractivity (Wildman–Crippen MR) is 108 cm³/mol. The van der Waals surface area contributed by atoms with Gasteiger partial charge in [0.25, 0.3) is 0 Å². The number of amides is 2. The third-order valence-electron chi connectivity index (χ3n) is 6.24. The molecule has 1 aliphatic carbocycles. The van der Waals surface area contributed by atoms with Crippen LogP contribution in [-0.2, 0) is 22.4 Å². The SMILES string of the molecule is CCC(NC(=O)C(=O)N(C)C1CCN(C)CC1)c1ccc2c(c1)CCCC2. The van der Waals surface area contributed by atoms with Crippen molar-refractivity contribution in [3.63, 3.8) is 0 Å². The van der Waals surface area contributed by atoms with E-state index in [4.69, 9.17) is 0 Å². The Hall–Kier alpha value is -1.88. The summed E-state index contributed by atoms with van der Waals surface area (Å²) in [5.74, 6) is -0.901. The van der Waals surface area contributed by atoms with E-state index in [2.05, 4.69) is 42.4 Å². The molecule has 5 nitrogen and oxygen atoms in total. The Bertz CT molecular complexity index is 680. The molecule has 0 radical (unpaired) electrons. The van der Waals surface area contributed by atoms with Crippen molar-refractivity contribution in [2.24, 2.45) is 0 Å². The van der Waals surface area contributed by atoms with Crippen molar-refractivity contribution < 1.29 is 9.59 Å². The summed E-state index contributed by atoms with van der Waals surface area (Å²) in [6.45, 7) is 3.99. The summed E-state index contributed by atoms with van der Waals surface area (Å²) >= 11 is 0. The standard InChI is InChI=1S/C22H33N3O2/c1-4-20(18-10-9-16-7-5-6-8-17(16)15-18)23-21(26)22(27)25(3)19-11-13-24(2)14-12-19/h9-10,15,19-20H,4-8,11-14H2,1-3H3,(H,23,26). The molecule has 1 aromatic rings. The molecule has 1 atom stereocenters. The molecule has 27 heavy (non-hydrogen) atoms. The van der Waals surface area contributed by atoms with Crippen LogP contribution in [-0.4, -0.2) is 54.8 Å². The second kappa shape index (κ2) is 8.87. The summed E-state index contributed by atoms with van der Waals surface area (Å²) in [6.07, 6.45) is 7.39. The van der Waals surface area contributed by atoms with Crippen LogP contribution in [0.5, 0.6) is 0 Å². The minimum atomic E-state index is -0.485. The quantitative estimate of drug-likeness (QED) is 0.828. The maximum absolute atomic E-state index is 12.6. The number of nitrogens with one attached hydrogen (secondary N) is 1. The van der Waals surface area contributed by atoms with Crippen LogP contribution in [0, 0.1) is 0 Å². The number of piperidine rings is 1. The average molecular weight is 372 g/mol. The minimum Gasteiger partial charge on any atom is -0.341 e. The van der Waals surface area contributed by atoms with E-state index in [-0.39, 0.29) is 12.1 Å². The van der Waals surface area contributed by atoms with Crippen molar-refractivity contribution in [3.8, 4) is 0 Å². The Morgan fingerprint density at radius 3 is 2.52 bits per heavy atom. The van der Waals surface area contributed by atoms with E-state index in [9.17, 15) is 9.59 Å². The third-order valence-corrected chi connectivity index (χ3v) is 6.24. The van der Waals surface area contributed by atoms with Gasteiger partial charge < -0.3 is 15.1 Å². The van der Waals surface area contributed by atoms with Gasteiger partial charge in [-0.3, -0.25) is 9.59 Å². The van der Waals surface area contributed by atoms with Gasteiger partial charge in [-0.25, -0.2) is 0 Å². The minimum absolute atomic E-state index is 0.112. The number of fused-ring (bicyclic) bond motifs is 1. The largest absolute Gasteiger partial charge is 0.341 e. The van der Waals surface area contributed by atoms with Crippen LogP contribution in [0.25, 0.3) is 0 Å². The van der Waals surface area contributed by atoms with Gasteiger partial charge in [0, 0.05) is 13.1 Å². The van der Waals surface area contributed by atoms with Crippen molar-refractivity contribution >= 4 is 11.8 Å². The van der Waals surface area contributed by atoms with Crippen molar-refractivity contribution in [1.29, 1.82) is 0 Å². The Kier molecular flexibility index (Phi) is 6.53. The molecule has 2 amide bonds. The van der Waals surface area contributed by atoms with Gasteiger partial charge in [0.2, 0.25) is 0 Å². The Morgan fingerprint density at radius 1 is 1.19 bits per heavy atom. The first-order valence-electron chi connectivity index (χ1n) is 10.4. The Balaban J connectivity index is 1.63. The fraction of sp³-hybridized carbons (Fsp3) is 0.636. The number of carbonyl (C=O) groups is 2. The number of benzene rings is 1. The normalized spacial score (nSPS) is 19.2. The second-order valence-electron chi connectivity index (χ2n) is 8.12. The van der Waals surface area contributed by atoms with Gasteiger partial charge in [-0.15, -0.1) is 0 Å². The lowest BCUT2D eigenvalue weighted by atomic mass is 9.89. The highest BCUT2D eigenvalue weighted by Crippen LogP contribution is 2.26. The smallest absolute Gasteiger partial charge is 0.311 e. The van der Waals surface area contributed by atoms with Crippen LogP contribution in [0.2, 0.25) is 0 Å². The van der Waals surface area contributed by atoms with Gasteiger partial charge in [-0.2, -0.15) is 0 Å². The summed E-state index contributed by atoms with van der Waals surface area (Å²) in [5.41, 5.74) is 3.95. The molecule has 0 bridgehead atoms. The van der Waals surface area contributed by atoms with Gasteiger partial charge in [-0.1, -0.05) is 25.1 Å². The number of hydrogen-bond acceptors (Lipinski definition) is 3. The van der Waals surface area contributed by atoms with Crippen molar-refractivity contribution in [2.75, 3.05) is 27.2 Å². The first-order chi connectivity index (χ1) is 13.0. The zero-order valence-electron chi connectivity index (χ0n) is 17.0. The molecule has 0 saturated carbocycles. The summed E-state index contributed by atoms with van der Waals surface area (Å²) in [7, 11) is 3.85. The van der Waals surface area contributed by atoms with Gasteiger partial charge in [0.05, 0.1) is 6.04 Å². The molecular weight excluding hydrogens is 338 g/mol. The molecule has 3 rings (SSSR count). The fourth-order valence-electron chi connectivity index (χ4n) is 4.32. The molecular formula is C22H33N3O2. The van der Waals surface area contributed by atoms with Crippen LogP contribution in [0.1, 0.15) is 61.8 Å². The zero-order valence-corrected chi connectivity index (χ0v) is 17.0. The number of likely N-dealkylation sites (tertiary alicyclic amines) is 1. The van der Waals surface area contributed by atoms with Crippen LogP contribution in [0.15, 0.2) is 18.2 Å². The van der Waals surface area contributed by atoms with Crippen molar-refractivity contribution in [1.82, 2.24) is 15.1 Å². The molecule has 1 aliphatic heterocycles. The first-order valence-corrected chi connectivity index (χ1v) is 10.4. The Morgan fingerprint density at radius 2 is 1.85 bits per heavy atom. The number of likely N-dealkylation sites (N-methyl/N-ethyl adjacent to an activating group) is 1. The van der Waals surface area contributed by atoms with Gasteiger partial charge in [0.1, 0.15) is 0 Å². The highest BCUT2D eigenvalue weighted by molar-refractivity contribution is 6.35. The number of aryl methyl sites for hydroxylation is 2. The summed E-state index contributed by atoms with van der Waals surface area (Å²) < 4.78 is 0. The number of rotatable bonds is 4. The van der Waals surface area contributed by atoms with Crippen molar-refractivity contribution in [3.05, 3.63) is 34.9 Å². The van der Waals surface area contributed by atoms with Crippen LogP contribution in [0.3, 0.4) is 0 Å².